The summed E-state index contributed by atoms with van der Waals surface area (Å²) in [5.74, 6) is 0.0393. The molecule has 1 fully saturated rings. The predicted molar refractivity (Wildman–Crippen MR) is 87.9 cm³/mol. The molecule has 0 radical (unpaired) electrons. The third-order valence-electron chi connectivity index (χ3n) is 4.28. The van der Waals surface area contributed by atoms with Gasteiger partial charge in [0.1, 0.15) is 6.61 Å². The first-order valence-corrected chi connectivity index (χ1v) is 8.49. The van der Waals surface area contributed by atoms with Crippen LogP contribution in [-0.2, 0) is 17.7 Å². The summed E-state index contributed by atoms with van der Waals surface area (Å²) in [6.07, 6.45) is 0.598. The number of hydrogen-bond acceptors (Lipinski definition) is 4. The van der Waals surface area contributed by atoms with Gasteiger partial charge < -0.3 is 9.64 Å². The monoisotopic (exact) mass is 328 g/mol. The summed E-state index contributed by atoms with van der Waals surface area (Å²) in [5.41, 5.74) is 2.67. The second-order valence-electron chi connectivity index (χ2n) is 5.66. The molecule has 2 aromatic rings. The van der Waals surface area contributed by atoms with Crippen molar-refractivity contribution < 1.29 is 14.3 Å². The van der Waals surface area contributed by atoms with Crippen molar-refractivity contribution in [2.75, 3.05) is 24.6 Å². The molecule has 2 amide bonds. The van der Waals surface area contributed by atoms with E-state index in [9.17, 15) is 9.59 Å². The van der Waals surface area contributed by atoms with E-state index in [2.05, 4.69) is 11.4 Å². The maximum atomic E-state index is 12.7. The largest absolute Gasteiger partial charge is 0.447 e. The Balaban J connectivity index is 1.50. The van der Waals surface area contributed by atoms with Crippen LogP contribution in [0.1, 0.15) is 20.8 Å². The first-order valence-electron chi connectivity index (χ1n) is 7.61. The molecule has 0 spiro atoms. The van der Waals surface area contributed by atoms with Crippen LogP contribution in [0.3, 0.4) is 0 Å². The zero-order chi connectivity index (χ0) is 15.8. The molecule has 0 atom stereocenters. The predicted octanol–water partition coefficient (Wildman–Crippen LogP) is 2.90. The van der Waals surface area contributed by atoms with Crippen LogP contribution >= 0.6 is 11.3 Å². The van der Waals surface area contributed by atoms with Gasteiger partial charge in [0.05, 0.1) is 6.54 Å². The Morgan fingerprint density at radius 2 is 1.96 bits per heavy atom. The first-order chi connectivity index (χ1) is 11.2. The van der Waals surface area contributed by atoms with Crippen LogP contribution in [0.15, 0.2) is 35.7 Å². The van der Waals surface area contributed by atoms with Crippen LogP contribution in [0.4, 0.5) is 10.5 Å². The van der Waals surface area contributed by atoms with Crippen LogP contribution in [0.5, 0.6) is 0 Å². The fraction of sp³-hybridized carbons (Fsp3) is 0.294. The van der Waals surface area contributed by atoms with E-state index in [1.807, 2.05) is 4.90 Å². The highest BCUT2D eigenvalue weighted by molar-refractivity contribution is 7.10. The normalized spacial score (nSPS) is 17.1. The minimum atomic E-state index is -0.329. The molecule has 6 heteroatoms. The van der Waals surface area contributed by atoms with Crippen LogP contribution < -0.4 is 4.90 Å². The summed E-state index contributed by atoms with van der Waals surface area (Å²) in [7, 11) is 0. The van der Waals surface area contributed by atoms with E-state index in [-0.39, 0.29) is 12.0 Å². The Bertz CT molecular complexity index is 753. The standard InChI is InChI=1S/C17H16N2O3S/c20-16(18-7-5-15-13(11-18)6-10-23-15)12-1-3-14(4-2-12)19-8-9-22-17(19)21/h1-4,6,10H,5,7-9,11H2. The number of hydrogen-bond donors (Lipinski definition) is 0. The minimum absolute atomic E-state index is 0.0393. The lowest BCUT2D eigenvalue weighted by Crippen LogP contribution is -2.35. The fourth-order valence-corrected chi connectivity index (χ4v) is 3.91. The van der Waals surface area contributed by atoms with Crippen molar-refractivity contribution in [2.24, 2.45) is 0 Å². The highest BCUT2D eigenvalue weighted by Crippen LogP contribution is 2.26. The van der Waals surface area contributed by atoms with Crippen molar-refractivity contribution in [3.8, 4) is 0 Å². The van der Waals surface area contributed by atoms with E-state index >= 15 is 0 Å². The van der Waals surface area contributed by atoms with E-state index in [4.69, 9.17) is 4.74 Å². The number of cyclic esters (lactones) is 1. The van der Waals surface area contributed by atoms with Crippen molar-refractivity contribution in [1.82, 2.24) is 4.90 Å². The van der Waals surface area contributed by atoms with E-state index in [1.54, 1.807) is 40.5 Å². The summed E-state index contributed by atoms with van der Waals surface area (Å²) >= 11 is 1.76. The van der Waals surface area contributed by atoms with Crippen LogP contribution in [0, 0.1) is 0 Å². The van der Waals surface area contributed by atoms with Gasteiger partial charge in [0.2, 0.25) is 0 Å². The summed E-state index contributed by atoms with van der Waals surface area (Å²) < 4.78 is 4.93. The molecule has 5 nitrogen and oxygen atoms in total. The Labute approximate surface area is 138 Å². The van der Waals surface area contributed by atoms with Gasteiger partial charge in [0, 0.05) is 29.2 Å². The number of thiophene rings is 1. The minimum Gasteiger partial charge on any atom is -0.447 e. The maximum absolute atomic E-state index is 12.7. The maximum Gasteiger partial charge on any atom is 0.414 e. The van der Waals surface area contributed by atoms with Crippen LogP contribution in [0.2, 0.25) is 0 Å². The number of ether oxygens (including phenoxy) is 1. The number of nitrogens with zero attached hydrogens (tertiary/aromatic N) is 2. The Kier molecular flexibility index (Phi) is 3.53. The zero-order valence-electron chi connectivity index (χ0n) is 12.5. The van der Waals surface area contributed by atoms with Crippen molar-refractivity contribution in [1.29, 1.82) is 0 Å². The fourth-order valence-electron chi connectivity index (χ4n) is 3.02. The molecule has 3 heterocycles. The summed E-state index contributed by atoms with van der Waals surface area (Å²) in [6, 6.07) is 9.28. The molecule has 1 aromatic carbocycles. The lowest BCUT2D eigenvalue weighted by molar-refractivity contribution is 0.0736. The average Bonchev–Trinajstić information content (AvgIpc) is 3.22. The highest BCUT2D eigenvalue weighted by atomic mass is 32.1. The number of anilines is 1. The second kappa shape index (κ2) is 5.70. The molecule has 0 bridgehead atoms. The molecule has 1 saturated heterocycles. The third-order valence-corrected chi connectivity index (χ3v) is 5.30. The summed E-state index contributed by atoms with van der Waals surface area (Å²) in [4.78, 5) is 29.1. The van der Waals surface area contributed by atoms with Crippen LogP contribution in [0.25, 0.3) is 0 Å². The molecule has 0 aliphatic carbocycles. The molecule has 0 unspecified atom stereocenters. The van der Waals surface area contributed by atoms with Crippen molar-refractivity contribution in [2.45, 2.75) is 13.0 Å². The Hall–Kier alpha value is -2.34. The second-order valence-corrected chi connectivity index (χ2v) is 6.66. The summed E-state index contributed by atoms with van der Waals surface area (Å²) in [6.45, 7) is 2.40. The van der Waals surface area contributed by atoms with Crippen LogP contribution in [-0.4, -0.2) is 36.6 Å². The number of amides is 2. The van der Waals surface area contributed by atoms with Gasteiger partial charge in [-0.15, -0.1) is 11.3 Å². The molecule has 118 valence electrons. The quantitative estimate of drug-likeness (QED) is 0.852. The van der Waals surface area contributed by atoms with Crippen molar-refractivity contribution in [3.05, 3.63) is 51.7 Å². The van der Waals surface area contributed by atoms with Gasteiger partial charge in [-0.1, -0.05) is 0 Å². The van der Waals surface area contributed by atoms with E-state index in [0.717, 1.165) is 18.7 Å². The number of carbonyl (C=O) groups excluding carboxylic acids is 2. The number of rotatable bonds is 2. The van der Waals surface area contributed by atoms with Gasteiger partial charge in [-0.25, -0.2) is 4.79 Å². The van der Waals surface area contributed by atoms with Gasteiger partial charge in [-0.05, 0) is 47.7 Å². The third kappa shape index (κ3) is 2.59. The molecule has 0 saturated carbocycles. The highest BCUT2D eigenvalue weighted by Gasteiger charge is 2.25. The van der Waals surface area contributed by atoms with Gasteiger partial charge in [-0.2, -0.15) is 0 Å². The molecule has 0 N–H and O–H groups in total. The smallest absolute Gasteiger partial charge is 0.414 e. The zero-order valence-corrected chi connectivity index (χ0v) is 13.3. The average molecular weight is 328 g/mol. The summed E-state index contributed by atoms with van der Waals surface area (Å²) in [5, 5.41) is 2.09. The molecule has 4 rings (SSSR count). The molecule has 2 aliphatic rings. The number of benzene rings is 1. The number of carbonyl (C=O) groups is 2. The first kappa shape index (κ1) is 14.3. The lowest BCUT2D eigenvalue weighted by Gasteiger charge is -2.27. The van der Waals surface area contributed by atoms with Gasteiger partial charge >= 0.3 is 6.09 Å². The van der Waals surface area contributed by atoms with E-state index in [1.165, 1.54) is 10.4 Å². The molecular weight excluding hydrogens is 312 g/mol. The van der Waals surface area contributed by atoms with Crippen molar-refractivity contribution in [3.63, 3.8) is 0 Å². The topological polar surface area (TPSA) is 49.9 Å². The molecule has 2 aliphatic heterocycles. The van der Waals surface area contributed by atoms with Gasteiger partial charge in [-0.3, -0.25) is 9.69 Å². The Morgan fingerprint density at radius 3 is 2.70 bits per heavy atom. The SMILES string of the molecule is O=C(c1ccc(N2CCOC2=O)cc1)N1CCc2sccc2C1. The van der Waals surface area contributed by atoms with Crippen molar-refractivity contribution >= 4 is 29.0 Å². The van der Waals surface area contributed by atoms with Gasteiger partial charge in [0.25, 0.3) is 5.91 Å². The number of fused-ring (bicyclic) bond motifs is 1. The lowest BCUT2D eigenvalue weighted by atomic mass is 10.1. The Morgan fingerprint density at radius 1 is 1.13 bits per heavy atom. The van der Waals surface area contributed by atoms with E-state index < -0.39 is 0 Å². The van der Waals surface area contributed by atoms with E-state index in [0.29, 0.717) is 25.3 Å². The molecule has 1 aromatic heterocycles. The van der Waals surface area contributed by atoms with Gasteiger partial charge in [0.15, 0.2) is 0 Å². The molecular formula is C17H16N2O3S. The molecule has 23 heavy (non-hydrogen) atoms.